The maximum absolute atomic E-state index is 12.2. The fraction of sp³-hybridized carbons (Fsp3) is 0.679. The van der Waals surface area contributed by atoms with Crippen molar-refractivity contribution in [1.82, 2.24) is 5.32 Å². The standard InChI is InChI=1S/C28H41NO12/c1-3-37-21(33)5-4-16-12-17-7-10-38-22(17)24(39-11-9-29-2)23(16)41-26-28(36)19(18(13-30)14-31)6-8-27(35,25(28)34)20(15-32)40-26/h7,10,12,18-20,25-26,29-32,34-36H,3-6,8-9,11,13-15H2,1-2H3/t19-,20+,25-,26+,27+,28-/m0/s1. The summed E-state index contributed by atoms with van der Waals surface area (Å²) in [6.07, 6.45) is -3.23. The molecular weight excluding hydrogens is 542 g/mol. The lowest BCUT2D eigenvalue weighted by Crippen LogP contribution is -2.79. The molecule has 1 aromatic carbocycles. The van der Waals surface area contributed by atoms with Crippen LogP contribution in [0.5, 0.6) is 11.5 Å². The third-order valence-electron chi connectivity index (χ3n) is 8.24. The number of furan rings is 1. The largest absolute Gasteiger partial charge is 0.485 e. The van der Waals surface area contributed by atoms with Crippen LogP contribution >= 0.6 is 0 Å². The molecule has 13 nitrogen and oxygen atoms in total. The zero-order chi connectivity index (χ0) is 29.8. The molecule has 6 atom stereocenters. The maximum atomic E-state index is 12.2. The van der Waals surface area contributed by atoms with Crippen LogP contribution < -0.4 is 14.8 Å². The van der Waals surface area contributed by atoms with E-state index >= 15 is 0 Å². The predicted octanol–water partition coefficient (Wildman–Crippen LogP) is -0.543. The minimum absolute atomic E-state index is 0.000665. The van der Waals surface area contributed by atoms with Crippen molar-refractivity contribution >= 4 is 16.9 Å². The van der Waals surface area contributed by atoms with Crippen LogP contribution in [0.25, 0.3) is 11.0 Å². The molecular formula is C28H41NO12. The number of nitrogens with one attached hydrogen (secondary N) is 1. The number of carbonyl (C=O) groups is 1. The monoisotopic (exact) mass is 583 g/mol. The third-order valence-corrected chi connectivity index (χ3v) is 8.24. The highest BCUT2D eigenvalue weighted by molar-refractivity contribution is 5.87. The van der Waals surface area contributed by atoms with E-state index in [1.54, 1.807) is 26.1 Å². The lowest BCUT2D eigenvalue weighted by Gasteiger charge is -2.60. The molecule has 1 aromatic heterocycles. The molecule has 2 heterocycles. The van der Waals surface area contributed by atoms with Crippen molar-refractivity contribution in [2.75, 3.05) is 46.6 Å². The number of aliphatic hydroxyl groups excluding tert-OH is 4. The Hall–Kier alpha value is -2.49. The van der Waals surface area contributed by atoms with E-state index in [0.29, 0.717) is 23.1 Å². The number of hydrogen-bond acceptors (Lipinski definition) is 13. The van der Waals surface area contributed by atoms with Crippen LogP contribution in [0.4, 0.5) is 0 Å². The van der Waals surface area contributed by atoms with Crippen LogP contribution in [0.3, 0.4) is 0 Å². The molecule has 1 aliphatic carbocycles. The Balaban J connectivity index is 1.83. The predicted molar refractivity (Wildman–Crippen MR) is 143 cm³/mol. The van der Waals surface area contributed by atoms with Crippen LogP contribution in [-0.2, 0) is 20.7 Å². The number of esters is 1. The second kappa shape index (κ2) is 13.2. The van der Waals surface area contributed by atoms with Crippen LogP contribution in [0.2, 0.25) is 0 Å². The first-order valence-corrected chi connectivity index (χ1v) is 13.9. The molecule has 13 heteroatoms. The zero-order valence-corrected chi connectivity index (χ0v) is 23.3. The topological polar surface area (TPSA) is 201 Å². The first-order valence-electron chi connectivity index (χ1n) is 13.9. The molecule has 41 heavy (non-hydrogen) atoms. The molecule has 2 aromatic rings. The van der Waals surface area contributed by atoms with Gasteiger partial charge < -0.3 is 59.3 Å². The van der Waals surface area contributed by atoms with Gasteiger partial charge >= 0.3 is 5.97 Å². The van der Waals surface area contributed by atoms with Crippen LogP contribution in [0.1, 0.15) is 31.7 Å². The Labute approximate surface area is 237 Å². The highest BCUT2D eigenvalue weighted by Gasteiger charge is 2.69. The maximum Gasteiger partial charge on any atom is 0.306 e. The Morgan fingerprint density at radius 1 is 1.22 bits per heavy atom. The molecule has 230 valence electrons. The summed E-state index contributed by atoms with van der Waals surface area (Å²) in [5.74, 6) is -2.03. The second-order valence-corrected chi connectivity index (χ2v) is 10.6. The SMILES string of the molecule is CCOC(=O)CCc1cc2ccoc2c(OCCNC)c1O[C@H]1O[C@H](CO)[C@]2(O)CC[C@@H](C(CO)CO)[C@]1(O)[C@H]2O. The van der Waals surface area contributed by atoms with Crippen molar-refractivity contribution in [2.45, 2.75) is 62.3 Å². The summed E-state index contributed by atoms with van der Waals surface area (Å²) < 4.78 is 29.2. The van der Waals surface area contributed by atoms with Crippen molar-refractivity contribution < 1.29 is 58.8 Å². The van der Waals surface area contributed by atoms with E-state index < -0.39 is 67.3 Å². The quantitative estimate of drug-likeness (QED) is 0.111. The number of aryl methyl sites for hydroxylation is 1. The van der Waals surface area contributed by atoms with Gasteiger partial charge in [0.2, 0.25) is 12.0 Å². The number of ether oxygens (including phenoxy) is 4. The molecule has 1 aliphatic heterocycles. The van der Waals surface area contributed by atoms with Crippen LogP contribution in [0.15, 0.2) is 22.8 Å². The number of hydrogen-bond donors (Lipinski definition) is 7. The van der Waals surface area contributed by atoms with Gasteiger partial charge in [-0.15, -0.1) is 0 Å². The van der Waals surface area contributed by atoms with Crippen LogP contribution in [-0.4, -0.2) is 113 Å². The molecule has 1 saturated heterocycles. The Kier molecular flexibility index (Phi) is 10.1. The number of fused-ring (bicyclic) bond motifs is 3. The minimum atomic E-state index is -2.33. The third kappa shape index (κ3) is 5.77. The zero-order valence-electron chi connectivity index (χ0n) is 23.3. The van der Waals surface area contributed by atoms with E-state index in [0.717, 1.165) is 0 Å². The van der Waals surface area contributed by atoms with E-state index in [4.69, 9.17) is 23.4 Å². The fourth-order valence-electron chi connectivity index (χ4n) is 6.02. The molecule has 7 N–H and O–H groups in total. The van der Waals surface area contributed by atoms with Gasteiger partial charge in [-0.25, -0.2) is 0 Å². The number of carbonyl (C=O) groups excluding carboxylic acids is 1. The van der Waals surface area contributed by atoms with Gasteiger partial charge in [0.25, 0.3) is 0 Å². The van der Waals surface area contributed by atoms with Crippen molar-refractivity contribution in [3.8, 4) is 11.5 Å². The van der Waals surface area contributed by atoms with Gasteiger partial charge in [-0.3, -0.25) is 4.79 Å². The summed E-state index contributed by atoms with van der Waals surface area (Å²) in [5, 5.41) is 68.5. The van der Waals surface area contributed by atoms with E-state index in [1.165, 1.54) is 6.26 Å². The molecule has 4 rings (SSSR count). The number of benzene rings is 1. The number of aliphatic hydroxyl groups is 6. The smallest absolute Gasteiger partial charge is 0.306 e. The highest BCUT2D eigenvalue weighted by atomic mass is 16.7. The molecule has 2 aliphatic rings. The lowest BCUT2D eigenvalue weighted by molar-refractivity contribution is -0.384. The summed E-state index contributed by atoms with van der Waals surface area (Å²) in [5.41, 5.74) is -3.52. The van der Waals surface area contributed by atoms with Crippen LogP contribution in [0, 0.1) is 11.8 Å². The van der Waals surface area contributed by atoms with Gasteiger partial charge in [0.15, 0.2) is 16.9 Å². The fourth-order valence-corrected chi connectivity index (χ4v) is 6.02. The van der Waals surface area contributed by atoms with E-state index in [9.17, 15) is 35.4 Å². The Bertz CT molecular complexity index is 1170. The molecule has 0 amide bonds. The van der Waals surface area contributed by atoms with Gasteiger partial charge in [-0.1, -0.05) is 0 Å². The molecule has 2 bridgehead atoms. The summed E-state index contributed by atoms with van der Waals surface area (Å²) in [7, 11) is 1.75. The summed E-state index contributed by atoms with van der Waals surface area (Å²) in [4.78, 5) is 12.2. The van der Waals surface area contributed by atoms with Crippen molar-refractivity contribution in [1.29, 1.82) is 0 Å². The Morgan fingerprint density at radius 2 is 1.98 bits per heavy atom. The average molecular weight is 584 g/mol. The minimum Gasteiger partial charge on any atom is -0.485 e. The van der Waals surface area contributed by atoms with E-state index in [1.807, 2.05) is 0 Å². The normalized spacial score (nSPS) is 29.6. The second-order valence-electron chi connectivity index (χ2n) is 10.6. The number of rotatable bonds is 14. The Morgan fingerprint density at radius 3 is 2.63 bits per heavy atom. The van der Waals surface area contributed by atoms with Gasteiger partial charge in [0.1, 0.15) is 24.4 Å². The van der Waals surface area contributed by atoms with Gasteiger partial charge in [0.05, 0.1) is 19.5 Å². The van der Waals surface area contributed by atoms with Gasteiger partial charge in [0, 0.05) is 43.4 Å². The van der Waals surface area contributed by atoms with Crippen molar-refractivity contribution in [3.63, 3.8) is 0 Å². The molecule has 0 unspecified atom stereocenters. The van der Waals surface area contributed by atoms with E-state index in [-0.39, 0.29) is 50.4 Å². The summed E-state index contributed by atoms with van der Waals surface area (Å²) >= 11 is 0. The highest BCUT2D eigenvalue weighted by Crippen LogP contribution is 2.52. The molecule has 0 spiro atoms. The van der Waals surface area contributed by atoms with E-state index in [2.05, 4.69) is 5.32 Å². The first-order chi connectivity index (χ1) is 19.7. The summed E-state index contributed by atoms with van der Waals surface area (Å²) in [6.45, 7) is 0.880. The molecule has 1 saturated carbocycles. The lowest BCUT2D eigenvalue weighted by atomic mass is 9.59. The summed E-state index contributed by atoms with van der Waals surface area (Å²) in [6, 6.07) is 3.46. The van der Waals surface area contributed by atoms with Crippen molar-refractivity contribution in [2.24, 2.45) is 11.8 Å². The average Bonchev–Trinajstić information content (AvgIpc) is 3.43. The molecule has 0 radical (unpaired) electrons. The first kappa shape index (κ1) is 31.4. The van der Waals surface area contributed by atoms with Crippen molar-refractivity contribution in [3.05, 3.63) is 24.0 Å². The van der Waals surface area contributed by atoms with Gasteiger partial charge in [-0.2, -0.15) is 0 Å². The number of likely N-dealkylation sites (N-methyl/N-ethyl adjacent to an activating group) is 1. The molecule has 2 fully saturated rings. The van der Waals surface area contributed by atoms with Gasteiger partial charge in [-0.05, 0) is 50.9 Å².